The Bertz CT molecular complexity index is 706. The Hall–Kier alpha value is 0.0100. The van der Waals surface area contributed by atoms with Crippen LogP contribution in [0, 0.1) is 0 Å². The first-order valence-corrected chi connectivity index (χ1v) is 17.7. The van der Waals surface area contributed by atoms with Crippen LogP contribution in [-0.2, 0) is 5.16 Å². The first-order valence-electron chi connectivity index (χ1n) is 7.38. The fourth-order valence-corrected chi connectivity index (χ4v) is 12.1. The van der Waals surface area contributed by atoms with Crippen LogP contribution in [-0.4, -0.2) is 0 Å². The van der Waals surface area contributed by atoms with Crippen LogP contribution >= 0.6 is 63.4 Å². The van der Waals surface area contributed by atoms with E-state index >= 15 is 0 Å². The summed E-state index contributed by atoms with van der Waals surface area (Å²) in [5.74, 6) is 0. The third kappa shape index (κ3) is 3.33. The molecule has 0 atom stereocenters. The molecule has 3 aromatic rings. The number of hydrogen-bond acceptors (Lipinski definition) is 0. The minimum atomic E-state index is -2.90. The summed E-state index contributed by atoms with van der Waals surface area (Å²) < 4.78 is -2.90. The standard InChI is InChI=1S/C19H15Br4P/c20-24(21,22,23)19(16-10-4-1-5-11-16,17-12-6-2-7-13-17)18-14-8-3-9-15-18/h1-15H. The fraction of sp³-hybridized carbons (Fsp3) is 0.0526. The Morgan fingerprint density at radius 2 is 0.708 bits per heavy atom. The van der Waals surface area contributed by atoms with Crippen LogP contribution < -0.4 is 0 Å². The van der Waals surface area contributed by atoms with Crippen molar-refractivity contribution in [3.8, 4) is 0 Å². The molecule has 0 fully saturated rings. The quantitative estimate of drug-likeness (QED) is 0.210. The Morgan fingerprint density at radius 1 is 0.458 bits per heavy atom. The fourth-order valence-electron chi connectivity index (χ4n) is 3.12. The van der Waals surface area contributed by atoms with Gasteiger partial charge in [0.1, 0.15) is 0 Å². The van der Waals surface area contributed by atoms with Crippen molar-refractivity contribution in [3.05, 3.63) is 108 Å². The van der Waals surface area contributed by atoms with E-state index in [0.29, 0.717) is 0 Å². The third-order valence-electron chi connectivity index (χ3n) is 4.08. The second-order valence-electron chi connectivity index (χ2n) is 5.53. The summed E-state index contributed by atoms with van der Waals surface area (Å²) in [5, 5.41) is -0.449. The monoisotopic (exact) mass is 590 g/mol. The van der Waals surface area contributed by atoms with E-state index in [1.165, 1.54) is 16.7 Å². The number of rotatable bonds is 4. The van der Waals surface area contributed by atoms with Gasteiger partial charge in [-0.2, -0.15) is 0 Å². The van der Waals surface area contributed by atoms with Crippen molar-refractivity contribution in [3.63, 3.8) is 0 Å². The average Bonchev–Trinajstić information content (AvgIpc) is 2.56. The van der Waals surface area contributed by atoms with Crippen LogP contribution in [0.2, 0.25) is 0 Å². The molecule has 0 spiro atoms. The molecule has 0 aromatic heterocycles. The van der Waals surface area contributed by atoms with Crippen molar-refractivity contribution in [2.24, 2.45) is 0 Å². The van der Waals surface area contributed by atoms with Gasteiger partial charge in [0, 0.05) is 0 Å². The van der Waals surface area contributed by atoms with Gasteiger partial charge in [-0.1, -0.05) is 0 Å². The molecule has 0 radical (unpaired) electrons. The maximum atomic E-state index is 4.00. The molecule has 5 heteroatoms. The maximum absolute atomic E-state index is 4.00. The molecule has 0 nitrogen and oxygen atoms in total. The molecule has 0 bridgehead atoms. The van der Waals surface area contributed by atoms with E-state index in [1.807, 2.05) is 18.2 Å². The molecule has 0 saturated heterocycles. The minimum absolute atomic E-state index is 0.449. The van der Waals surface area contributed by atoms with Gasteiger partial charge in [0.15, 0.2) is 0 Å². The average molecular weight is 594 g/mol. The van der Waals surface area contributed by atoms with Gasteiger partial charge < -0.3 is 0 Å². The van der Waals surface area contributed by atoms with Gasteiger partial charge in [0.2, 0.25) is 0 Å². The van der Waals surface area contributed by atoms with Crippen LogP contribution in [0.3, 0.4) is 0 Å². The molecule has 0 aliphatic rings. The number of halogens is 4. The molecule has 0 saturated carbocycles. The number of hydrogen-bond donors (Lipinski definition) is 0. The van der Waals surface area contributed by atoms with Crippen molar-refractivity contribution in [1.29, 1.82) is 0 Å². The van der Waals surface area contributed by atoms with Crippen molar-refractivity contribution < 1.29 is 0 Å². The molecule has 0 N–H and O–H groups in total. The zero-order valence-corrected chi connectivity index (χ0v) is 19.9. The van der Waals surface area contributed by atoms with Gasteiger partial charge in [-0.05, 0) is 0 Å². The normalized spacial score (nSPS) is 13.9. The summed E-state index contributed by atoms with van der Waals surface area (Å²) in [6.07, 6.45) is 0. The second-order valence-corrected chi connectivity index (χ2v) is 41.8. The van der Waals surface area contributed by atoms with E-state index in [-0.39, 0.29) is 0 Å². The second kappa shape index (κ2) is 6.96. The van der Waals surface area contributed by atoms with Gasteiger partial charge in [0.05, 0.1) is 0 Å². The summed E-state index contributed by atoms with van der Waals surface area (Å²) in [5.41, 5.74) is 3.59. The van der Waals surface area contributed by atoms with Gasteiger partial charge in [0.25, 0.3) is 0 Å². The Labute approximate surface area is 174 Å². The molecular weight excluding hydrogens is 579 g/mol. The molecular formula is C19H15Br4P. The van der Waals surface area contributed by atoms with Crippen LogP contribution in [0.1, 0.15) is 16.7 Å². The van der Waals surface area contributed by atoms with E-state index in [9.17, 15) is 0 Å². The molecule has 0 aliphatic carbocycles. The summed E-state index contributed by atoms with van der Waals surface area (Å²) >= 11 is 16.0. The van der Waals surface area contributed by atoms with Gasteiger partial charge in [-0.25, -0.2) is 0 Å². The molecule has 124 valence electrons. The van der Waals surface area contributed by atoms with Crippen molar-refractivity contribution in [2.45, 2.75) is 5.16 Å². The van der Waals surface area contributed by atoms with Crippen molar-refractivity contribution in [2.75, 3.05) is 0 Å². The molecule has 0 unspecified atom stereocenters. The Kier molecular flexibility index (Phi) is 5.45. The van der Waals surface area contributed by atoms with Gasteiger partial charge in [-0.3, -0.25) is 0 Å². The molecule has 24 heavy (non-hydrogen) atoms. The molecule has 3 aromatic carbocycles. The van der Waals surface area contributed by atoms with Crippen LogP contribution in [0.5, 0.6) is 0 Å². The Balaban J connectivity index is 2.48. The molecule has 0 aliphatic heterocycles. The van der Waals surface area contributed by atoms with Crippen molar-refractivity contribution >= 4 is 63.4 Å². The van der Waals surface area contributed by atoms with Crippen LogP contribution in [0.4, 0.5) is 0 Å². The first kappa shape index (κ1) is 18.8. The zero-order chi connectivity index (χ0) is 17.3. The summed E-state index contributed by atoms with van der Waals surface area (Å²) in [6, 6.07) is 31.7. The zero-order valence-electron chi connectivity index (χ0n) is 12.6. The van der Waals surface area contributed by atoms with E-state index in [2.05, 4.69) is 135 Å². The molecule has 3 rings (SSSR count). The van der Waals surface area contributed by atoms with E-state index in [4.69, 9.17) is 0 Å². The van der Waals surface area contributed by atoms with Gasteiger partial charge in [-0.15, -0.1) is 0 Å². The van der Waals surface area contributed by atoms with E-state index < -0.39 is 6.57 Å². The summed E-state index contributed by atoms with van der Waals surface area (Å²) in [7, 11) is 0. The topological polar surface area (TPSA) is 0 Å². The SMILES string of the molecule is BrP(Br)(Br)(Br)C(c1ccccc1)(c1ccccc1)c1ccccc1. The number of benzene rings is 3. The third-order valence-corrected chi connectivity index (χ3v) is 12.3. The van der Waals surface area contributed by atoms with Crippen molar-refractivity contribution in [1.82, 2.24) is 0 Å². The Morgan fingerprint density at radius 3 is 0.917 bits per heavy atom. The first-order chi connectivity index (χ1) is 11.3. The predicted molar refractivity (Wildman–Crippen MR) is 122 cm³/mol. The van der Waals surface area contributed by atoms with Gasteiger partial charge >= 0.3 is 176 Å². The summed E-state index contributed by atoms with van der Waals surface area (Å²) in [4.78, 5) is 0. The van der Waals surface area contributed by atoms with Crippen LogP contribution in [0.25, 0.3) is 0 Å². The molecule has 0 heterocycles. The van der Waals surface area contributed by atoms with E-state index in [1.54, 1.807) is 0 Å². The van der Waals surface area contributed by atoms with Crippen LogP contribution in [0.15, 0.2) is 91.0 Å². The predicted octanol–water partition coefficient (Wildman–Crippen LogP) is 8.77. The summed E-state index contributed by atoms with van der Waals surface area (Å²) in [6.45, 7) is 0. The van der Waals surface area contributed by atoms with E-state index in [0.717, 1.165) is 0 Å². The molecule has 0 amide bonds.